The smallest absolute Gasteiger partial charge is 0.237 e. The van der Waals surface area contributed by atoms with Gasteiger partial charge in [-0.3, -0.25) is 9.59 Å². The predicted molar refractivity (Wildman–Crippen MR) is 90.8 cm³/mol. The van der Waals surface area contributed by atoms with Crippen LogP contribution in [0.15, 0.2) is 29.4 Å². The van der Waals surface area contributed by atoms with E-state index in [-0.39, 0.29) is 16.9 Å². The van der Waals surface area contributed by atoms with E-state index in [1.54, 1.807) is 24.3 Å². The highest BCUT2D eigenvalue weighted by atomic mass is 32.2. The number of rotatable bonds is 6. The number of Topliss-reactive ketones (excluding diaryl/α,β-unsaturated/α-hetero) is 1. The Balaban J connectivity index is 2.00. The molecule has 0 unspecified atom stereocenters. The van der Waals surface area contributed by atoms with Gasteiger partial charge in [-0.15, -0.1) is 10.2 Å². The van der Waals surface area contributed by atoms with Crippen molar-refractivity contribution in [3.05, 3.63) is 35.7 Å². The van der Waals surface area contributed by atoms with Crippen molar-refractivity contribution in [1.82, 2.24) is 14.8 Å². The molecule has 2 rings (SSSR count). The minimum atomic E-state index is -0.309. The number of aromatic nitrogens is 3. The summed E-state index contributed by atoms with van der Waals surface area (Å²) >= 11 is 1.37. The zero-order valence-electron chi connectivity index (χ0n) is 13.7. The maximum absolute atomic E-state index is 12.3. The Labute approximate surface area is 139 Å². The molecular formula is C16H20N4O2S. The SMILES string of the molecule is CCn1c(C)nnc1S[C@H](C)C(=O)Nc1ccc(C(C)=O)cc1. The summed E-state index contributed by atoms with van der Waals surface area (Å²) in [5.74, 6) is 0.720. The van der Waals surface area contributed by atoms with E-state index in [0.29, 0.717) is 11.3 Å². The first kappa shape index (κ1) is 17.2. The molecule has 122 valence electrons. The Kier molecular flexibility index (Phi) is 5.54. The summed E-state index contributed by atoms with van der Waals surface area (Å²) in [4.78, 5) is 23.5. The first-order valence-electron chi connectivity index (χ1n) is 7.40. The summed E-state index contributed by atoms with van der Waals surface area (Å²) in [7, 11) is 0. The number of carbonyl (C=O) groups excluding carboxylic acids is 2. The summed E-state index contributed by atoms with van der Waals surface area (Å²) in [6.45, 7) is 8.01. The normalized spacial score (nSPS) is 12.0. The topological polar surface area (TPSA) is 76.9 Å². The van der Waals surface area contributed by atoms with Crippen LogP contribution in [0.4, 0.5) is 5.69 Å². The van der Waals surface area contributed by atoms with Gasteiger partial charge in [0.05, 0.1) is 5.25 Å². The van der Waals surface area contributed by atoms with E-state index in [9.17, 15) is 9.59 Å². The van der Waals surface area contributed by atoms with Gasteiger partial charge in [0, 0.05) is 17.8 Å². The fourth-order valence-corrected chi connectivity index (χ4v) is 3.02. The van der Waals surface area contributed by atoms with Crippen LogP contribution in [0.5, 0.6) is 0 Å². The number of nitrogens with one attached hydrogen (secondary N) is 1. The minimum Gasteiger partial charge on any atom is -0.325 e. The van der Waals surface area contributed by atoms with Crippen molar-refractivity contribution >= 4 is 29.1 Å². The van der Waals surface area contributed by atoms with Gasteiger partial charge in [-0.1, -0.05) is 11.8 Å². The molecule has 1 aromatic heterocycles. The first-order valence-corrected chi connectivity index (χ1v) is 8.28. The molecule has 1 atom stereocenters. The summed E-state index contributed by atoms with van der Waals surface area (Å²) < 4.78 is 1.97. The molecule has 0 radical (unpaired) electrons. The van der Waals surface area contributed by atoms with E-state index >= 15 is 0 Å². The Hall–Kier alpha value is -2.15. The van der Waals surface area contributed by atoms with Gasteiger partial charge in [-0.25, -0.2) is 0 Å². The summed E-state index contributed by atoms with van der Waals surface area (Å²) in [5.41, 5.74) is 1.29. The number of benzene rings is 1. The molecular weight excluding hydrogens is 312 g/mol. The monoisotopic (exact) mass is 332 g/mol. The molecule has 0 saturated heterocycles. The van der Waals surface area contributed by atoms with Crippen LogP contribution in [0.2, 0.25) is 0 Å². The highest BCUT2D eigenvalue weighted by Crippen LogP contribution is 2.23. The van der Waals surface area contributed by atoms with Crippen LogP contribution in [0, 0.1) is 6.92 Å². The fraction of sp³-hybridized carbons (Fsp3) is 0.375. The van der Waals surface area contributed by atoms with Gasteiger partial charge in [0.15, 0.2) is 10.9 Å². The standard InChI is InChI=1S/C16H20N4O2S/c1-5-20-12(4)18-19-16(20)23-11(3)15(22)17-14-8-6-13(7-9-14)10(2)21/h6-9,11H,5H2,1-4H3,(H,17,22)/t11-/m1/s1. The minimum absolute atomic E-state index is 0.000993. The summed E-state index contributed by atoms with van der Waals surface area (Å²) in [6, 6.07) is 6.86. The molecule has 1 aromatic carbocycles. The molecule has 7 heteroatoms. The maximum Gasteiger partial charge on any atom is 0.237 e. The highest BCUT2D eigenvalue weighted by Gasteiger charge is 2.18. The average molecular weight is 332 g/mol. The molecule has 2 aromatic rings. The van der Waals surface area contributed by atoms with Crippen LogP contribution in [-0.2, 0) is 11.3 Å². The van der Waals surface area contributed by atoms with Gasteiger partial charge in [0.25, 0.3) is 0 Å². The lowest BCUT2D eigenvalue weighted by Gasteiger charge is -2.12. The van der Waals surface area contributed by atoms with Crippen molar-refractivity contribution in [1.29, 1.82) is 0 Å². The van der Waals surface area contributed by atoms with Crippen LogP contribution in [0.3, 0.4) is 0 Å². The van der Waals surface area contributed by atoms with Gasteiger partial charge in [-0.2, -0.15) is 0 Å². The molecule has 0 fully saturated rings. The largest absolute Gasteiger partial charge is 0.325 e. The van der Waals surface area contributed by atoms with Gasteiger partial charge in [0.2, 0.25) is 5.91 Å². The molecule has 6 nitrogen and oxygen atoms in total. The molecule has 1 amide bonds. The van der Waals surface area contributed by atoms with Crippen molar-refractivity contribution in [2.24, 2.45) is 0 Å². The van der Waals surface area contributed by atoms with E-state index in [1.807, 2.05) is 25.3 Å². The molecule has 0 aliphatic heterocycles. The number of ketones is 1. The van der Waals surface area contributed by atoms with Gasteiger partial charge >= 0.3 is 0 Å². The van der Waals surface area contributed by atoms with E-state index in [1.165, 1.54) is 18.7 Å². The molecule has 0 bridgehead atoms. The van der Waals surface area contributed by atoms with E-state index < -0.39 is 0 Å². The molecule has 0 aliphatic rings. The predicted octanol–water partition coefficient (Wildman–Crippen LogP) is 2.93. The van der Waals surface area contributed by atoms with Crippen molar-refractivity contribution in [3.8, 4) is 0 Å². The Morgan fingerprint density at radius 3 is 2.48 bits per heavy atom. The number of aryl methyl sites for hydroxylation is 1. The Morgan fingerprint density at radius 1 is 1.26 bits per heavy atom. The van der Waals surface area contributed by atoms with Crippen LogP contribution < -0.4 is 5.32 Å². The fourth-order valence-electron chi connectivity index (χ4n) is 2.06. The van der Waals surface area contributed by atoms with Gasteiger partial charge in [-0.05, 0) is 52.0 Å². The Bertz CT molecular complexity index is 709. The lowest BCUT2D eigenvalue weighted by molar-refractivity contribution is -0.115. The average Bonchev–Trinajstić information content (AvgIpc) is 2.87. The summed E-state index contributed by atoms with van der Waals surface area (Å²) in [6.07, 6.45) is 0. The van der Waals surface area contributed by atoms with E-state index in [0.717, 1.165) is 17.5 Å². The van der Waals surface area contributed by atoms with Crippen molar-refractivity contribution in [3.63, 3.8) is 0 Å². The zero-order valence-corrected chi connectivity index (χ0v) is 14.5. The third kappa shape index (κ3) is 4.19. The molecule has 1 N–H and O–H groups in total. The lowest BCUT2D eigenvalue weighted by Crippen LogP contribution is -2.23. The highest BCUT2D eigenvalue weighted by molar-refractivity contribution is 8.00. The molecule has 0 spiro atoms. The maximum atomic E-state index is 12.3. The van der Waals surface area contributed by atoms with Crippen LogP contribution >= 0.6 is 11.8 Å². The molecule has 23 heavy (non-hydrogen) atoms. The third-order valence-corrected chi connectivity index (χ3v) is 4.51. The van der Waals surface area contributed by atoms with Crippen LogP contribution in [-0.4, -0.2) is 31.7 Å². The van der Waals surface area contributed by atoms with E-state index in [2.05, 4.69) is 15.5 Å². The number of amides is 1. The zero-order chi connectivity index (χ0) is 17.0. The Morgan fingerprint density at radius 2 is 1.91 bits per heavy atom. The molecule has 0 saturated carbocycles. The van der Waals surface area contributed by atoms with Crippen molar-refractivity contribution in [2.75, 3.05) is 5.32 Å². The van der Waals surface area contributed by atoms with Gasteiger partial charge in [0.1, 0.15) is 5.82 Å². The van der Waals surface area contributed by atoms with Crippen molar-refractivity contribution in [2.45, 2.75) is 44.6 Å². The van der Waals surface area contributed by atoms with Crippen LogP contribution in [0.25, 0.3) is 0 Å². The van der Waals surface area contributed by atoms with Crippen LogP contribution in [0.1, 0.15) is 37.0 Å². The van der Waals surface area contributed by atoms with E-state index in [4.69, 9.17) is 0 Å². The van der Waals surface area contributed by atoms with Crippen molar-refractivity contribution < 1.29 is 9.59 Å². The van der Waals surface area contributed by atoms with Gasteiger partial charge < -0.3 is 9.88 Å². The lowest BCUT2D eigenvalue weighted by atomic mass is 10.1. The number of hydrogen-bond donors (Lipinski definition) is 1. The molecule has 1 heterocycles. The number of thioether (sulfide) groups is 1. The molecule has 0 aliphatic carbocycles. The first-order chi connectivity index (χ1) is 10.9. The number of nitrogens with zero attached hydrogens (tertiary/aromatic N) is 3. The second-order valence-corrected chi connectivity index (χ2v) is 6.46. The second-order valence-electron chi connectivity index (χ2n) is 5.16. The number of hydrogen-bond acceptors (Lipinski definition) is 5. The summed E-state index contributed by atoms with van der Waals surface area (Å²) in [5, 5.41) is 11.4. The quantitative estimate of drug-likeness (QED) is 0.650. The second kappa shape index (κ2) is 7.41. The third-order valence-electron chi connectivity index (χ3n) is 3.43. The number of carbonyl (C=O) groups is 2. The number of anilines is 1.